The Labute approximate surface area is 114 Å². The second kappa shape index (κ2) is 6.80. The molecule has 1 fully saturated rings. The molecule has 0 aromatic heterocycles. The Hall–Kier alpha value is -1.01. The normalized spacial score (nSPS) is 20.2. The van der Waals surface area contributed by atoms with Gasteiger partial charge in [0.25, 0.3) is 0 Å². The molecule has 1 aliphatic heterocycles. The summed E-state index contributed by atoms with van der Waals surface area (Å²) in [6, 6.07) is 7.58. The SMILES string of the molecule is OCC1CCCN(CC#Cc2ccc(Cl)cc2)C1. The van der Waals surface area contributed by atoms with Crippen LogP contribution in [-0.2, 0) is 0 Å². The maximum absolute atomic E-state index is 9.16. The van der Waals surface area contributed by atoms with Crippen molar-refractivity contribution in [1.29, 1.82) is 0 Å². The summed E-state index contributed by atoms with van der Waals surface area (Å²) < 4.78 is 0. The molecule has 2 rings (SSSR count). The summed E-state index contributed by atoms with van der Waals surface area (Å²) in [6.45, 7) is 3.12. The zero-order chi connectivity index (χ0) is 12.8. The summed E-state index contributed by atoms with van der Waals surface area (Å²) in [5, 5.41) is 9.90. The Morgan fingerprint density at radius 2 is 2.11 bits per heavy atom. The number of hydrogen-bond donors (Lipinski definition) is 1. The van der Waals surface area contributed by atoms with E-state index in [9.17, 15) is 0 Å². The Balaban J connectivity index is 1.86. The van der Waals surface area contributed by atoms with Gasteiger partial charge in [0, 0.05) is 23.7 Å². The van der Waals surface area contributed by atoms with E-state index in [1.807, 2.05) is 24.3 Å². The van der Waals surface area contributed by atoms with Gasteiger partial charge in [-0.2, -0.15) is 0 Å². The van der Waals surface area contributed by atoms with Gasteiger partial charge in [0.2, 0.25) is 0 Å². The molecular formula is C15H18ClNO. The molecule has 0 saturated carbocycles. The quantitative estimate of drug-likeness (QED) is 0.829. The molecule has 0 radical (unpaired) electrons. The lowest BCUT2D eigenvalue weighted by Crippen LogP contribution is -2.36. The van der Waals surface area contributed by atoms with Crippen LogP contribution in [0.4, 0.5) is 0 Å². The molecule has 18 heavy (non-hydrogen) atoms. The van der Waals surface area contributed by atoms with Crippen molar-refractivity contribution < 1.29 is 5.11 Å². The molecule has 96 valence electrons. The predicted octanol–water partition coefficient (Wildman–Crippen LogP) is 2.40. The molecule has 1 aromatic rings. The fourth-order valence-corrected chi connectivity index (χ4v) is 2.36. The molecule has 1 aromatic carbocycles. The van der Waals surface area contributed by atoms with Crippen molar-refractivity contribution in [1.82, 2.24) is 4.90 Å². The molecule has 0 amide bonds. The smallest absolute Gasteiger partial charge is 0.0605 e. The van der Waals surface area contributed by atoms with Crippen LogP contribution in [-0.4, -0.2) is 36.2 Å². The highest BCUT2D eigenvalue weighted by atomic mass is 35.5. The van der Waals surface area contributed by atoms with Crippen molar-refractivity contribution in [3.05, 3.63) is 34.9 Å². The monoisotopic (exact) mass is 263 g/mol. The highest BCUT2D eigenvalue weighted by Crippen LogP contribution is 2.15. The summed E-state index contributed by atoms with van der Waals surface area (Å²) in [6.07, 6.45) is 2.30. The molecule has 1 unspecified atom stereocenters. The van der Waals surface area contributed by atoms with E-state index in [-0.39, 0.29) is 0 Å². The van der Waals surface area contributed by atoms with Gasteiger partial charge in [0.05, 0.1) is 6.54 Å². The first kappa shape index (κ1) is 13.4. The predicted molar refractivity (Wildman–Crippen MR) is 74.6 cm³/mol. The van der Waals surface area contributed by atoms with Gasteiger partial charge in [-0.25, -0.2) is 0 Å². The molecule has 1 N–H and O–H groups in total. The fraction of sp³-hybridized carbons (Fsp3) is 0.467. The third-order valence-corrected chi connectivity index (χ3v) is 3.49. The summed E-state index contributed by atoms with van der Waals surface area (Å²) in [5.41, 5.74) is 0.995. The lowest BCUT2D eigenvalue weighted by atomic mass is 9.99. The molecular weight excluding hydrogens is 246 g/mol. The Kier molecular flexibility index (Phi) is 5.07. The number of aliphatic hydroxyl groups is 1. The summed E-state index contributed by atoms with van der Waals surface area (Å²) in [4.78, 5) is 2.31. The van der Waals surface area contributed by atoms with Gasteiger partial charge in [0.1, 0.15) is 0 Å². The van der Waals surface area contributed by atoms with Crippen LogP contribution in [0.3, 0.4) is 0 Å². The van der Waals surface area contributed by atoms with E-state index in [0.717, 1.165) is 43.1 Å². The first-order chi connectivity index (χ1) is 8.78. The minimum atomic E-state index is 0.293. The van der Waals surface area contributed by atoms with E-state index in [1.54, 1.807) is 0 Å². The maximum atomic E-state index is 9.16. The number of likely N-dealkylation sites (tertiary alicyclic amines) is 1. The maximum Gasteiger partial charge on any atom is 0.0605 e. The number of hydrogen-bond acceptors (Lipinski definition) is 2. The Morgan fingerprint density at radius 3 is 2.83 bits per heavy atom. The van der Waals surface area contributed by atoms with Gasteiger partial charge < -0.3 is 5.11 Å². The number of benzene rings is 1. The fourth-order valence-electron chi connectivity index (χ4n) is 2.23. The van der Waals surface area contributed by atoms with Crippen molar-refractivity contribution in [3.63, 3.8) is 0 Å². The van der Waals surface area contributed by atoms with Crippen molar-refractivity contribution in [2.75, 3.05) is 26.2 Å². The van der Waals surface area contributed by atoms with Crippen LogP contribution in [0.25, 0.3) is 0 Å². The molecule has 1 atom stereocenters. The highest BCUT2D eigenvalue weighted by molar-refractivity contribution is 6.30. The molecule has 3 heteroatoms. The molecule has 0 spiro atoms. The van der Waals surface area contributed by atoms with E-state index in [0.29, 0.717) is 12.5 Å². The largest absolute Gasteiger partial charge is 0.396 e. The second-order valence-corrected chi connectivity index (χ2v) is 5.17. The van der Waals surface area contributed by atoms with Crippen molar-refractivity contribution in [2.24, 2.45) is 5.92 Å². The van der Waals surface area contributed by atoms with Gasteiger partial charge in [-0.3, -0.25) is 4.90 Å². The minimum absolute atomic E-state index is 0.293. The third kappa shape index (κ3) is 4.03. The summed E-state index contributed by atoms with van der Waals surface area (Å²) in [7, 11) is 0. The molecule has 2 nitrogen and oxygen atoms in total. The standard InChI is InChI=1S/C15H18ClNO/c16-15-7-5-13(6-8-15)3-1-9-17-10-2-4-14(11-17)12-18/h5-8,14,18H,2,4,9-12H2. The molecule has 0 aliphatic carbocycles. The zero-order valence-electron chi connectivity index (χ0n) is 10.4. The average molecular weight is 264 g/mol. The van der Waals surface area contributed by atoms with Crippen LogP contribution in [0.2, 0.25) is 5.02 Å². The number of rotatable bonds is 2. The molecule has 1 aliphatic rings. The van der Waals surface area contributed by atoms with Crippen LogP contribution in [0.1, 0.15) is 18.4 Å². The topological polar surface area (TPSA) is 23.5 Å². The van der Waals surface area contributed by atoms with E-state index in [2.05, 4.69) is 16.7 Å². The van der Waals surface area contributed by atoms with Crippen LogP contribution < -0.4 is 0 Å². The highest BCUT2D eigenvalue weighted by Gasteiger charge is 2.17. The van der Waals surface area contributed by atoms with Crippen LogP contribution >= 0.6 is 11.6 Å². The van der Waals surface area contributed by atoms with Crippen LogP contribution in [0.5, 0.6) is 0 Å². The van der Waals surface area contributed by atoms with E-state index in [4.69, 9.17) is 16.7 Å². The first-order valence-electron chi connectivity index (χ1n) is 6.35. The van der Waals surface area contributed by atoms with Crippen molar-refractivity contribution >= 4 is 11.6 Å². The Bertz CT molecular complexity index is 432. The zero-order valence-corrected chi connectivity index (χ0v) is 11.2. The summed E-state index contributed by atoms with van der Waals surface area (Å²) in [5.74, 6) is 6.75. The third-order valence-electron chi connectivity index (χ3n) is 3.24. The lowest BCUT2D eigenvalue weighted by Gasteiger charge is -2.30. The molecule has 1 saturated heterocycles. The van der Waals surface area contributed by atoms with Crippen LogP contribution in [0, 0.1) is 17.8 Å². The Morgan fingerprint density at radius 1 is 1.33 bits per heavy atom. The summed E-state index contributed by atoms with van der Waals surface area (Å²) >= 11 is 5.82. The minimum Gasteiger partial charge on any atom is -0.396 e. The number of halogens is 1. The number of piperidine rings is 1. The second-order valence-electron chi connectivity index (χ2n) is 4.73. The molecule has 0 bridgehead atoms. The lowest BCUT2D eigenvalue weighted by molar-refractivity contribution is 0.130. The van der Waals surface area contributed by atoms with Gasteiger partial charge in [-0.05, 0) is 49.6 Å². The van der Waals surface area contributed by atoms with Gasteiger partial charge >= 0.3 is 0 Å². The van der Waals surface area contributed by atoms with E-state index >= 15 is 0 Å². The van der Waals surface area contributed by atoms with Crippen molar-refractivity contribution in [3.8, 4) is 11.8 Å². The number of nitrogens with zero attached hydrogens (tertiary/aromatic N) is 1. The van der Waals surface area contributed by atoms with Crippen LogP contribution in [0.15, 0.2) is 24.3 Å². The molecule has 1 heterocycles. The first-order valence-corrected chi connectivity index (χ1v) is 6.73. The van der Waals surface area contributed by atoms with Gasteiger partial charge in [-0.1, -0.05) is 23.4 Å². The van der Waals surface area contributed by atoms with Crippen molar-refractivity contribution in [2.45, 2.75) is 12.8 Å². The average Bonchev–Trinajstić information content (AvgIpc) is 2.41. The van der Waals surface area contributed by atoms with Gasteiger partial charge in [-0.15, -0.1) is 0 Å². The van der Waals surface area contributed by atoms with E-state index < -0.39 is 0 Å². The van der Waals surface area contributed by atoms with Gasteiger partial charge in [0.15, 0.2) is 0 Å². The number of aliphatic hydroxyl groups excluding tert-OH is 1. The van der Waals surface area contributed by atoms with E-state index in [1.165, 1.54) is 0 Å².